The zero-order valence-corrected chi connectivity index (χ0v) is 20.4. The maximum absolute atomic E-state index is 14.2. The van der Waals surface area contributed by atoms with Crippen LogP contribution in [0, 0.1) is 11.7 Å². The summed E-state index contributed by atoms with van der Waals surface area (Å²) in [5.41, 5.74) is 3.55. The van der Waals surface area contributed by atoms with E-state index in [0.717, 1.165) is 33.2 Å². The fourth-order valence-corrected chi connectivity index (χ4v) is 5.01. The lowest BCUT2D eigenvalue weighted by Gasteiger charge is -2.43. The summed E-state index contributed by atoms with van der Waals surface area (Å²) in [5, 5.41) is 9.13. The summed E-state index contributed by atoms with van der Waals surface area (Å²) in [6.07, 6.45) is -0.132. The van der Waals surface area contributed by atoms with Crippen LogP contribution in [0.5, 0.6) is 5.75 Å². The van der Waals surface area contributed by atoms with E-state index in [0.29, 0.717) is 5.75 Å². The maximum Gasteiger partial charge on any atom is 0.341 e. The smallest absolute Gasteiger partial charge is 0.341 e. The van der Waals surface area contributed by atoms with Crippen molar-refractivity contribution < 1.29 is 23.8 Å². The monoisotopic (exact) mass is 524 g/mol. The SMILES string of the molecule is C=C(C)[C@H]1C[C@H](c2ccccc2)[C@H](c2cccc(F)c2)O[C@@H]1c1cc(Br)ccc1OCC(=O)O. The van der Waals surface area contributed by atoms with Crippen molar-refractivity contribution in [2.24, 2.45) is 5.92 Å². The van der Waals surface area contributed by atoms with Crippen molar-refractivity contribution in [2.75, 3.05) is 6.61 Å². The van der Waals surface area contributed by atoms with E-state index in [1.54, 1.807) is 18.2 Å². The second-order valence-electron chi connectivity index (χ2n) is 8.60. The molecule has 1 heterocycles. The third kappa shape index (κ3) is 5.40. The number of hydrogen-bond acceptors (Lipinski definition) is 3. The third-order valence-electron chi connectivity index (χ3n) is 6.20. The first kappa shape index (κ1) is 24.2. The molecule has 4 nitrogen and oxygen atoms in total. The standard InChI is InChI=1S/C28H26BrFO4/c1-17(2)22-15-23(18-7-4-3-5-8-18)27(19-9-6-10-21(30)13-19)34-28(22)24-14-20(29)11-12-25(24)33-16-26(31)32/h3-14,22-23,27-28H,1,15-16H2,2H3,(H,31,32)/t22-,23-,27+,28+/m1/s1. The molecule has 0 aromatic heterocycles. The number of carboxylic acids is 1. The molecule has 0 spiro atoms. The fourth-order valence-electron chi connectivity index (χ4n) is 4.64. The second kappa shape index (κ2) is 10.5. The van der Waals surface area contributed by atoms with Gasteiger partial charge in [0, 0.05) is 21.9 Å². The van der Waals surface area contributed by atoms with Gasteiger partial charge in [0.05, 0.1) is 12.2 Å². The number of rotatable bonds is 7. The van der Waals surface area contributed by atoms with Crippen molar-refractivity contribution in [1.82, 2.24) is 0 Å². The van der Waals surface area contributed by atoms with E-state index >= 15 is 0 Å². The quantitative estimate of drug-likeness (QED) is 0.331. The average molecular weight is 525 g/mol. The summed E-state index contributed by atoms with van der Waals surface area (Å²) in [5.74, 6) is -1.01. The van der Waals surface area contributed by atoms with E-state index in [1.165, 1.54) is 12.1 Å². The highest BCUT2D eigenvalue weighted by molar-refractivity contribution is 9.10. The highest BCUT2D eigenvalue weighted by atomic mass is 79.9. The number of carboxylic acid groups (broad SMARTS) is 1. The van der Waals surface area contributed by atoms with Crippen LogP contribution in [-0.2, 0) is 9.53 Å². The molecule has 1 aliphatic rings. The summed E-state index contributed by atoms with van der Waals surface area (Å²) in [6.45, 7) is 5.75. The number of halogens is 2. The Morgan fingerprint density at radius 1 is 1.09 bits per heavy atom. The van der Waals surface area contributed by atoms with E-state index in [-0.39, 0.29) is 17.7 Å². The van der Waals surface area contributed by atoms with Gasteiger partial charge < -0.3 is 14.6 Å². The highest BCUT2D eigenvalue weighted by Crippen LogP contribution is 2.53. The molecular formula is C28H26BrFO4. The Kier molecular flexibility index (Phi) is 7.49. The van der Waals surface area contributed by atoms with Gasteiger partial charge in [-0.3, -0.25) is 0 Å². The lowest BCUT2D eigenvalue weighted by atomic mass is 9.74. The molecule has 1 N–H and O–H groups in total. The Bertz CT molecular complexity index is 1180. The summed E-state index contributed by atoms with van der Waals surface area (Å²) in [4.78, 5) is 11.2. The van der Waals surface area contributed by atoms with Gasteiger partial charge in [-0.15, -0.1) is 0 Å². The van der Waals surface area contributed by atoms with Crippen LogP contribution >= 0.6 is 15.9 Å². The Morgan fingerprint density at radius 2 is 1.82 bits per heavy atom. The first-order valence-electron chi connectivity index (χ1n) is 11.1. The molecule has 1 aliphatic heterocycles. The van der Waals surface area contributed by atoms with Crippen LogP contribution < -0.4 is 4.74 Å². The minimum atomic E-state index is -1.06. The third-order valence-corrected chi connectivity index (χ3v) is 6.69. The number of hydrogen-bond donors (Lipinski definition) is 1. The Labute approximate surface area is 207 Å². The van der Waals surface area contributed by atoms with E-state index in [2.05, 4.69) is 34.6 Å². The summed E-state index contributed by atoms with van der Waals surface area (Å²) in [6, 6.07) is 22.0. The van der Waals surface area contributed by atoms with Crippen molar-refractivity contribution in [3.8, 4) is 5.75 Å². The fraction of sp³-hybridized carbons (Fsp3) is 0.250. The van der Waals surface area contributed by atoms with Crippen molar-refractivity contribution in [2.45, 2.75) is 31.5 Å². The van der Waals surface area contributed by atoms with Gasteiger partial charge in [-0.25, -0.2) is 9.18 Å². The van der Waals surface area contributed by atoms with Gasteiger partial charge in [0.1, 0.15) is 11.6 Å². The van der Waals surface area contributed by atoms with E-state index in [4.69, 9.17) is 14.6 Å². The molecule has 6 heteroatoms. The minimum absolute atomic E-state index is 0.0171. The van der Waals surface area contributed by atoms with Gasteiger partial charge >= 0.3 is 5.97 Å². The average Bonchev–Trinajstić information content (AvgIpc) is 2.83. The molecular weight excluding hydrogens is 499 g/mol. The highest BCUT2D eigenvalue weighted by Gasteiger charge is 2.41. The molecule has 3 aromatic rings. The van der Waals surface area contributed by atoms with Crippen molar-refractivity contribution in [3.05, 3.63) is 112 Å². The first-order valence-corrected chi connectivity index (χ1v) is 11.9. The number of ether oxygens (including phenoxy) is 2. The van der Waals surface area contributed by atoms with Crippen molar-refractivity contribution in [3.63, 3.8) is 0 Å². The van der Waals surface area contributed by atoms with Gasteiger partial charge in [-0.1, -0.05) is 70.5 Å². The second-order valence-corrected chi connectivity index (χ2v) is 9.52. The molecule has 1 saturated heterocycles. The Balaban J connectivity index is 1.80. The molecule has 4 atom stereocenters. The van der Waals surface area contributed by atoms with Crippen LogP contribution in [0.1, 0.15) is 48.2 Å². The van der Waals surface area contributed by atoms with E-state index < -0.39 is 24.8 Å². The lowest BCUT2D eigenvalue weighted by molar-refractivity contribution is -0.139. The van der Waals surface area contributed by atoms with Crippen LogP contribution in [0.25, 0.3) is 0 Å². The molecule has 0 radical (unpaired) electrons. The van der Waals surface area contributed by atoms with Crippen molar-refractivity contribution >= 4 is 21.9 Å². The molecule has 34 heavy (non-hydrogen) atoms. The minimum Gasteiger partial charge on any atom is -0.482 e. The lowest BCUT2D eigenvalue weighted by Crippen LogP contribution is -2.32. The van der Waals surface area contributed by atoms with Gasteiger partial charge in [-0.2, -0.15) is 0 Å². The van der Waals surface area contributed by atoms with Gasteiger partial charge in [0.15, 0.2) is 6.61 Å². The topological polar surface area (TPSA) is 55.8 Å². The predicted molar refractivity (Wildman–Crippen MR) is 132 cm³/mol. The molecule has 0 bridgehead atoms. The normalized spacial score (nSPS) is 22.2. The molecule has 0 saturated carbocycles. The summed E-state index contributed by atoms with van der Waals surface area (Å²) in [7, 11) is 0. The number of benzene rings is 3. The summed E-state index contributed by atoms with van der Waals surface area (Å²) >= 11 is 3.52. The van der Waals surface area contributed by atoms with Gasteiger partial charge in [0.25, 0.3) is 0 Å². The number of carbonyl (C=O) groups is 1. The van der Waals surface area contributed by atoms with E-state index in [9.17, 15) is 9.18 Å². The Morgan fingerprint density at radius 3 is 2.50 bits per heavy atom. The van der Waals surface area contributed by atoms with Crippen LogP contribution in [-0.4, -0.2) is 17.7 Å². The molecule has 1 fully saturated rings. The zero-order valence-electron chi connectivity index (χ0n) is 18.8. The molecule has 0 amide bonds. The zero-order chi connectivity index (χ0) is 24.2. The molecule has 176 valence electrons. The van der Waals surface area contributed by atoms with Crippen LogP contribution in [0.2, 0.25) is 0 Å². The van der Waals surface area contributed by atoms with Crippen molar-refractivity contribution in [1.29, 1.82) is 0 Å². The summed E-state index contributed by atoms with van der Waals surface area (Å²) < 4.78 is 27.4. The van der Waals surface area contributed by atoms with Crippen LogP contribution in [0.4, 0.5) is 4.39 Å². The predicted octanol–water partition coefficient (Wildman–Crippen LogP) is 7.23. The molecule has 0 unspecified atom stereocenters. The molecule has 4 rings (SSSR count). The molecule has 0 aliphatic carbocycles. The Hall–Kier alpha value is -2.96. The largest absolute Gasteiger partial charge is 0.482 e. The van der Waals surface area contributed by atoms with Crippen LogP contribution in [0.3, 0.4) is 0 Å². The van der Waals surface area contributed by atoms with Crippen LogP contribution in [0.15, 0.2) is 89.4 Å². The van der Waals surface area contributed by atoms with Gasteiger partial charge in [-0.05, 0) is 54.8 Å². The van der Waals surface area contributed by atoms with Gasteiger partial charge in [0.2, 0.25) is 0 Å². The maximum atomic E-state index is 14.2. The number of aliphatic carboxylic acids is 1. The first-order chi connectivity index (χ1) is 16.3. The van der Waals surface area contributed by atoms with E-state index in [1.807, 2.05) is 37.3 Å². The molecule has 3 aromatic carbocycles.